The van der Waals surface area contributed by atoms with Gasteiger partial charge in [-0.25, -0.2) is 9.97 Å². The highest BCUT2D eigenvalue weighted by molar-refractivity contribution is 5.94. The van der Waals surface area contributed by atoms with Crippen LogP contribution in [0.4, 0.5) is 5.82 Å². The summed E-state index contributed by atoms with van der Waals surface area (Å²) in [5.74, 6) is 2.79. The second-order valence-electron chi connectivity index (χ2n) is 11.5. The lowest BCUT2D eigenvalue weighted by Crippen LogP contribution is -2.53. The lowest BCUT2D eigenvalue weighted by Gasteiger charge is -2.45. The second kappa shape index (κ2) is 10.5. The van der Waals surface area contributed by atoms with Gasteiger partial charge in [0.05, 0.1) is 19.7 Å². The molecule has 1 N–H and O–H groups in total. The molecule has 1 aromatic heterocycles. The van der Waals surface area contributed by atoms with Crippen LogP contribution in [0.2, 0.25) is 0 Å². The van der Waals surface area contributed by atoms with E-state index in [0.717, 1.165) is 47.2 Å². The van der Waals surface area contributed by atoms with E-state index in [9.17, 15) is 0 Å². The number of nitrogens with one attached hydrogen (secondary N) is 1. The molecular formula is C31H40N4O2. The number of aromatic nitrogens is 2. The Balaban J connectivity index is 1.69. The molecule has 4 rings (SSSR count). The molecule has 0 saturated carbocycles. The van der Waals surface area contributed by atoms with Crippen LogP contribution < -0.4 is 14.8 Å². The molecule has 0 radical (unpaired) electrons. The number of methoxy groups -OCH3 is 2. The van der Waals surface area contributed by atoms with Crippen molar-refractivity contribution in [1.82, 2.24) is 14.9 Å². The molecule has 4 aromatic rings. The van der Waals surface area contributed by atoms with Gasteiger partial charge in [0.2, 0.25) is 0 Å². The number of benzene rings is 3. The lowest BCUT2D eigenvalue weighted by atomic mass is 9.95. The highest BCUT2D eigenvalue weighted by Gasteiger charge is 2.30. The molecule has 0 amide bonds. The maximum Gasteiger partial charge on any atom is 0.162 e. The minimum Gasteiger partial charge on any atom is -0.493 e. The summed E-state index contributed by atoms with van der Waals surface area (Å²) in [6, 6.07) is 18.6. The van der Waals surface area contributed by atoms with E-state index in [1.807, 2.05) is 12.1 Å². The quantitative estimate of drug-likeness (QED) is 0.259. The second-order valence-corrected chi connectivity index (χ2v) is 11.5. The predicted molar refractivity (Wildman–Crippen MR) is 155 cm³/mol. The molecule has 6 heteroatoms. The van der Waals surface area contributed by atoms with Crippen molar-refractivity contribution in [3.05, 3.63) is 54.6 Å². The molecule has 0 fully saturated rings. The maximum absolute atomic E-state index is 5.58. The van der Waals surface area contributed by atoms with Gasteiger partial charge >= 0.3 is 0 Å². The van der Waals surface area contributed by atoms with Gasteiger partial charge < -0.3 is 14.8 Å². The molecule has 0 bridgehead atoms. The van der Waals surface area contributed by atoms with Gasteiger partial charge in [0.25, 0.3) is 0 Å². The van der Waals surface area contributed by atoms with Gasteiger partial charge in [0.15, 0.2) is 17.3 Å². The molecule has 0 aliphatic rings. The fourth-order valence-corrected chi connectivity index (χ4v) is 5.17. The summed E-state index contributed by atoms with van der Waals surface area (Å²) in [7, 11) is 3.29. The molecule has 3 aromatic carbocycles. The molecule has 1 heterocycles. The molecule has 6 nitrogen and oxygen atoms in total. The number of fused-ring (bicyclic) bond motifs is 2. The van der Waals surface area contributed by atoms with Crippen LogP contribution in [0.5, 0.6) is 11.5 Å². The van der Waals surface area contributed by atoms with E-state index in [0.29, 0.717) is 17.3 Å². The lowest BCUT2D eigenvalue weighted by molar-refractivity contribution is 0.0383. The first-order valence-corrected chi connectivity index (χ1v) is 13.0. The van der Waals surface area contributed by atoms with Crippen molar-refractivity contribution in [2.45, 2.75) is 59.0 Å². The molecule has 37 heavy (non-hydrogen) atoms. The third kappa shape index (κ3) is 5.96. The summed E-state index contributed by atoms with van der Waals surface area (Å²) in [6.45, 7) is 15.4. The van der Waals surface area contributed by atoms with Crippen molar-refractivity contribution in [2.24, 2.45) is 0 Å². The van der Waals surface area contributed by atoms with Crippen LogP contribution in [0, 0.1) is 0 Å². The molecule has 0 atom stereocenters. The van der Waals surface area contributed by atoms with Crippen LogP contribution in [0.1, 0.15) is 48.0 Å². The van der Waals surface area contributed by atoms with E-state index in [-0.39, 0.29) is 11.1 Å². The van der Waals surface area contributed by atoms with E-state index in [1.165, 1.54) is 5.39 Å². The molecule has 0 aliphatic carbocycles. The summed E-state index contributed by atoms with van der Waals surface area (Å²) in [5.41, 5.74) is 1.97. The van der Waals surface area contributed by atoms with Gasteiger partial charge in [-0.1, -0.05) is 36.4 Å². The monoisotopic (exact) mass is 500 g/mol. The summed E-state index contributed by atoms with van der Waals surface area (Å²) in [4.78, 5) is 12.5. The highest BCUT2D eigenvalue weighted by atomic mass is 16.5. The Morgan fingerprint density at radius 1 is 0.784 bits per heavy atom. The van der Waals surface area contributed by atoms with Crippen LogP contribution in [0.3, 0.4) is 0 Å². The van der Waals surface area contributed by atoms with Gasteiger partial charge in [0, 0.05) is 41.2 Å². The third-order valence-electron chi connectivity index (χ3n) is 6.68. The van der Waals surface area contributed by atoms with Gasteiger partial charge in [0.1, 0.15) is 5.82 Å². The van der Waals surface area contributed by atoms with Gasteiger partial charge in [-0.2, -0.15) is 0 Å². The zero-order chi connectivity index (χ0) is 26.8. The Kier molecular flexibility index (Phi) is 7.60. The van der Waals surface area contributed by atoms with E-state index >= 15 is 0 Å². The smallest absolute Gasteiger partial charge is 0.162 e. The average molecular weight is 501 g/mol. The van der Waals surface area contributed by atoms with Crippen molar-refractivity contribution >= 4 is 27.5 Å². The van der Waals surface area contributed by atoms with E-state index in [4.69, 9.17) is 19.4 Å². The number of nitrogens with zero attached hydrogens (tertiary/aromatic N) is 3. The fraction of sp³-hybridized carbons (Fsp3) is 0.419. The molecule has 0 saturated heterocycles. The molecular weight excluding hydrogens is 460 g/mol. The van der Waals surface area contributed by atoms with Crippen molar-refractivity contribution in [2.75, 3.05) is 32.6 Å². The molecule has 0 aliphatic heterocycles. The van der Waals surface area contributed by atoms with Crippen LogP contribution in [-0.2, 0) is 0 Å². The predicted octanol–water partition coefficient (Wildman–Crippen LogP) is 7.17. The largest absolute Gasteiger partial charge is 0.493 e. The molecule has 196 valence electrons. The van der Waals surface area contributed by atoms with Crippen LogP contribution >= 0.6 is 0 Å². The minimum atomic E-state index is 0.0903. The first-order chi connectivity index (χ1) is 17.5. The first-order valence-electron chi connectivity index (χ1n) is 13.0. The van der Waals surface area contributed by atoms with Crippen LogP contribution in [-0.4, -0.2) is 53.3 Å². The van der Waals surface area contributed by atoms with Gasteiger partial charge in [-0.15, -0.1) is 0 Å². The topological polar surface area (TPSA) is 59.5 Å². The summed E-state index contributed by atoms with van der Waals surface area (Å²) in [5, 5.41) is 6.87. The Morgan fingerprint density at radius 3 is 2.08 bits per heavy atom. The molecule has 0 unspecified atom stereocenters. The van der Waals surface area contributed by atoms with E-state index in [2.05, 4.69) is 94.2 Å². The van der Waals surface area contributed by atoms with Crippen molar-refractivity contribution < 1.29 is 9.47 Å². The third-order valence-corrected chi connectivity index (χ3v) is 6.68. The fourth-order valence-electron chi connectivity index (χ4n) is 5.17. The minimum absolute atomic E-state index is 0.0903. The zero-order valence-corrected chi connectivity index (χ0v) is 23.5. The number of anilines is 1. The number of rotatable bonds is 8. The van der Waals surface area contributed by atoms with Gasteiger partial charge in [-0.05, 0) is 70.9 Å². The van der Waals surface area contributed by atoms with Gasteiger partial charge in [-0.3, -0.25) is 4.90 Å². The first kappa shape index (κ1) is 26.7. The normalized spacial score (nSPS) is 12.4. The summed E-state index contributed by atoms with van der Waals surface area (Å²) < 4.78 is 11.1. The van der Waals surface area contributed by atoms with Crippen LogP contribution in [0.25, 0.3) is 33.1 Å². The molecule has 0 spiro atoms. The zero-order valence-electron chi connectivity index (χ0n) is 23.5. The van der Waals surface area contributed by atoms with Crippen molar-refractivity contribution in [3.63, 3.8) is 0 Å². The Labute approximate surface area is 221 Å². The summed E-state index contributed by atoms with van der Waals surface area (Å²) in [6.07, 6.45) is 0.985. The van der Waals surface area contributed by atoms with E-state index < -0.39 is 0 Å². The number of hydrogen-bond acceptors (Lipinski definition) is 6. The standard InChI is InChI=1S/C31H40N4O2/c1-30(2,3)35(31(4,5)6)17-11-16-32-29-24-19-26(36-7)27(37-8)20-25(24)33-28(34-29)23-15-14-21-12-9-10-13-22(21)18-23/h9-10,12-15,18-20H,11,16-17H2,1-8H3,(H,32,33,34). The van der Waals surface area contributed by atoms with E-state index in [1.54, 1.807) is 14.2 Å². The summed E-state index contributed by atoms with van der Waals surface area (Å²) >= 11 is 0. The van der Waals surface area contributed by atoms with Crippen molar-refractivity contribution in [3.8, 4) is 22.9 Å². The SMILES string of the molecule is COc1cc2nc(-c3ccc4ccccc4c3)nc(NCCCN(C(C)(C)C)C(C)(C)C)c2cc1OC. The maximum atomic E-state index is 5.58. The highest BCUT2D eigenvalue weighted by Crippen LogP contribution is 2.35. The number of ether oxygens (including phenoxy) is 2. The Morgan fingerprint density at radius 2 is 1.43 bits per heavy atom. The Bertz CT molecular complexity index is 1370. The Hall–Kier alpha value is -3.38. The number of hydrogen-bond donors (Lipinski definition) is 1. The van der Waals surface area contributed by atoms with Crippen LogP contribution in [0.15, 0.2) is 54.6 Å². The van der Waals surface area contributed by atoms with Crippen molar-refractivity contribution in [1.29, 1.82) is 0 Å². The average Bonchev–Trinajstić information content (AvgIpc) is 2.85.